The third-order valence-electron chi connectivity index (χ3n) is 5.48. The highest BCUT2D eigenvalue weighted by Crippen LogP contribution is 2.21. The van der Waals surface area contributed by atoms with E-state index in [1.807, 2.05) is 60.7 Å². The minimum absolute atomic E-state index is 0.120. The van der Waals surface area contributed by atoms with Crippen LogP contribution in [0.4, 0.5) is 0 Å². The van der Waals surface area contributed by atoms with Crippen molar-refractivity contribution in [3.8, 4) is 0 Å². The van der Waals surface area contributed by atoms with Crippen molar-refractivity contribution >= 4 is 16.7 Å². The van der Waals surface area contributed by atoms with Crippen LogP contribution < -0.4 is 5.56 Å². The third-order valence-corrected chi connectivity index (χ3v) is 5.48. The normalized spacial score (nSPS) is 13.3. The molecule has 2 aromatic heterocycles. The maximum absolute atomic E-state index is 13.2. The van der Waals surface area contributed by atoms with Crippen molar-refractivity contribution in [3.63, 3.8) is 0 Å². The highest BCUT2D eigenvalue weighted by molar-refractivity contribution is 6.05. The number of hydrogen-bond donors (Lipinski definition) is 0. The zero-order valence-electron chi connectivity index (χ0n) is 16.4. The zero-order valence-corrected chi connectivity index (χ0v) is 16.4. The Balaban J connectivity index is 1.42. The highest BCUT2D eigenvalue weighted by Gasteiger charge is 2.25. The lowest BCUT2D eigenvalue weighted by Gasteiger charge is -2.28. The smallest absolute Gasteiger partial charge is 0.273 e. The Kier molecular flexibility index (Phi) is 4.59. The maximum Gasteiger partial charge on any atom is 0.273 e. The molecule has 1 aliphatic rings. The van der Waals surface area contributed by atoms with Gasteiger partial charge < -0.3 is 4.90 Å². The zero-order chi connectivity index (χ0) is 20.5. The molecule has 0 saturated heterocycles. The number of carbonyl (C=O) groups is 1. The molecule has 6 heteroatoms. The van der Waals surface area contributed by atoms with Gasteiger partial charge in [0.1, 0.15) is 5.69 Å². The molecule has 0 aliphatic carbocycles. The van der Waals surface area contributed by atoms with Crippen molar-refractivity contribution < 1.29 is 4.79 Å². The van der Waals surface area contributed by atoms with Gasteiger partial charge >= 0.3 is 0 Å². The predicted molar refractivity (Wildman–Crippen MR) is 114 cm³/mol. The van der Waals surface area contributed by atoms with E-state index >= 15 is 0 Å². The van der Waals surface area contributed by atoms with E-state index in [1.54, 1.807) is 17.2 Å². The second kappa shape index (κ2) is 7.55. The minimum Gasteiger partial charge on any atom is -0.332 e. The Hall–Kier alpha value is -3.80. The van der Waals surface area contributed by atoms with E-state index in [0.717, 1.165) is 27.6 Å². The first-order valence-electron chi connectivity index (χ1n) is 9.96. The second-order valence-corrected chi connectivity index (χ2v) is 7.46. The van der Waals surface area contributed by atoms with Crippen LogP contribution in [0.25, 0.3) is 10.8 Å². The highest BCUT2D eigenvalue weighted by atomic mass is 16.2. The van der Waals surface area contributed by atoms with Crippen LogP contribution in [0, 0.1) is 0 Å². The monoisotopic (exact) mass is 396 g/mol. The second-order valence-electron chi connectivity index (χ2n) is 7.46. The summed E-state index contributed by atoms with van der Waals surface area (Å²) in [5.41, 5.74) is 3.00. The van der Waals surface area contributed by atoms with E-state index in [0.29, 0.717) is 31.7 Å². The van der Waals surface area contributed by atoms with Gasteiger partial charge in [0.25, 0.3) is 11.5 Å². The number of hydrogen-bond acceptors (Lipinski definition) is 4. The topological polar surface area (TPSA) is 68.1 Å². The van der Waals surface area contributed by atoms with Gasteiger partial charge in [-0.05, 0) is 17.0 Å². The summed E-state index contributed by atoms with van der Waals surface area (Å²) in [5.74, 6) is -0.120. The van der Waals surface area contributed by atoms with Crippen molar-refractivity contribution in [1.29, 1.82) is 0 Å². The van der Waals surface area contributed by atoms with Crippen molar-refractivity contribution in [2.45, 2.75) is 19.5 Å². The number of fused-ring (bicyclic) bond motifs is 2. The van der Waals surface area contributed by atoms with Crippen LogP contribution in [0.15, 0.2) is 77.7 Å². The summed E-state index contributed by atoms with van der Waals surface area (Å²) in [6, 6.07) is 21.0. The number of nitrogens with zero attached hydrogens (tertiary/aromatic N) is 4. The van der Waals surface area contributed by atoms with Crippen LogP contribution in [-0.4, -0.2) is 32.1 Å². The van der Waals surface area contributed by atoms with Gasteiger partial charge in [-0.25, -0.2) is 4.68 Å². The third kappa shape index (κ3) is 3.37. The van der Waals surface area contributed by atoms with Crippen molar-refractivity contribution in [2.75, 3.05) is 6.54 Å². The number of amides is 1. The van der Waals surface area contributed by atoms with Crippen LogP contribution in [0.2, 0.25) is 0 Å². The SMILES string of the molecule is O=C(c1nccc2ccccc12)N1CCc2nn(Cc3ccccc3)c(=O)cc2C1. The fraction of sp³-hybridized carbons (Fsp3) is 0.167. The molecule has 0 atom stereocenters. The van der Waals surface area contributed by atoms with E-state index in [2.05, 4.69) is 10.1 Å². The van der Waals surface area contributed by atoms with E-state index in [4.69, 9.17) is 0 Å². The molecular formula is C24H20N4O2. The van der Waals surface area contributed by atoms with Gasteiger partial charge in [-0.3, -0.25) is 14.6 Å². The van der Waals surface area contributed by atoms with Gasteiger partial charge in [0.05, 0.1) is 12.2 Å². The molecule has 30 heavy (non-hydrogen) atoms. The summed E-state index contributed by atoms with van der Waals surface area (Å²) in [6.45, 7) is 1.36. The van der Waals surface area contributed by atoms with Gasteiger partial charge in [-0.15, -0.1) is 0 Å². The lowest BCUT2D eigenvalue weighted by molar-refractivity contribution is 0.0729. The Bertz CT molecular complexity index is 1290. The number of pyridine rings is 1. The van der Waals surface area contributed by atoms with E-state index in [1.165, 1.54) is 4.68 Å². The van der Waals surface area contributed by atoms with E-state index in [-0.39, 0.29) is 11.5 Å². The molecule has 0 bridgehead atoms. The number of aromatic nitrogens is 3. The van der Waals surface area contributed by atoms with Gasteiger partial charge in [0.2, 0.25) is 0 Å². The molecule has 148 valence electrons. The van der Waals surface area contributed by atoms with Crippen LogP contribution in [0.3, 0.4) is 0 Å². The van der Waals surface area contributed by atoms with Gasteiger partial charge in [0, 0.05) is 42.7 Å². The molecule has 2 aromatic carbocycles. The summed E-state index contributed by atoms with van der Waals surface area (Å²) in [7, 11) is 0. The van der Waals surface area contributed by atoms with Crippen molar-refractivity contribution in [2.24, 2.45) is 0 Å². The van der Waals surface area contributed by atoms with Crippen molar-refractivity contribution in [3.05, 3.63) is 106 Å². The van der Waals surface area contributed by atoms with Crippen LogP contribution >= 0.6 is 0 Å². The Labute approximate surface area is 173 Å². The molecule has 0 saturated carbocycles. The van der Waals surface area contributed by atoms with Crippen molar-refractivity contribution in [1.82, 2.24) is 19.7 Å². The molecule has 4 aromatic rings. The Morgan fingerprint density at radius 2 is 1.80 bits per heavy atom. The summed E-state index contributed by atoms with van der Waals surface area (Å²) in [4.78, 5) is 31.9. The first kappa shape index (κ1) is 18.2. The molecular weight excluding hydrogens is 376 g/mol. The molecule has 1 aliphatic heterocycles. The summed E-state index contributed by atoms with van der Waals surface area (Å²) in [5, 5.41) is 6.40. The van der Waals surface area contributed by atoms with E-state index in [9.17, 15) is 9.59 Å². The van der Waals surface area contributed by atoms with Crippen LogP contribution in [0.5, 0.6) is 0 Å². The number of rotatable bonds is 3. The van der Waals surface area contributed by atoms with Gasteiger partial charge in [-0.2, -0.15) is 5.10 Å². The van der Waals surface area contributed by atoms with Gasteiger partial charge in [-0.1, -0.05) is 54.6 Å². The quantitative estimate of drug-likeness (QED) is 0.534. The molecule has 0 spiro atoms. The Morgan fingerprint density at radius 3 is 2.67 bits per heavy atom. The first-order valence-corrected chi connectivity index (χ1v) is 9.96. The molecule has 0 unspecified atom stereocenters. The number of benzene rings is 2. The average molecular weight is 396 g/mol. The lowest BCUT2D eigenvalue weighted by Crippen LogP contribution is -2.39. The summed E-state index contributed by atoms with van der Waals surface area (Å²) < 4.78 is 1.50. The maximum atomic E-state index is 13.2. The fourth-order valence-corrected chi connectivity index (χ4v) is 3.92. The largest absolute Gasteiger partial charge is 0.332 e. The predicted octanol–water partition coefficient (Wildman–Crippen LogP) is 3.04. The first-order chi connectivity index (χ1) is 14.7. The molecule has 0 radical (unpaired) electrons. The molecule has 6 nitrogen and oxygen atoms in total. The standard InChI is InChI=1S/C24H20N4O2/c29-22-14-19-16-27(24(30)23-20-9-5-4-8-18(20)10-12-25-23)13-11-21(19)26-28(22)15-17-6-2-1-3-7-17/h1-10,12,14H,11,13,15-16H2. The Morgan fingerprint density at radius 1 is 1.00 bits per heavy atom. The summed E-state index contributed by atoms with van der Waals surface area (Å²) in [6.07, 6.45) is 2.28. The average Bonchev–Trinajstić information content (AvgIpc) is 2.79. The molecule has 3 heterocycles. The van der Waals surface area contributed by atoms with Crippen LogP contribution in [-0.2, 0) is 19.5 Å². The summed E-state index contributed by atoms with van der Waals surface area (Å²) >= 11 is 0. The molecule has 5 rings (SSSR count). The fourth-order valence-electron chi connectivity index (χ4n) is 3.92. The van der Waals surface area contributed by atoms with Crippen LogP contribution in [0.1, 0.15) is 27.3 Å². The molecule has 0 fully saturated rings. The lowest BCUT2D eigenvalue weighted by atomic mass is 10.0. The minimum atomic E-state index is -0.157. The molecule has 0 N–H and O–H groups in total. The number of carbonyl (C=O) groups excluding carboxylic acids is 1. The van der Waals surface area contributed by atoms with E-state index < -0.39 is 0 Å². The van der Waals surface area contributed by atoms with Gasteiger partial charge in [0.15, 0.2) is 0 Å². The molecule has 1 amide bonds.